The molecule has 0 radical (unpaired) electrons. The number of nitrogens with one attached hydrogen (secondary N) is 1. The van der Waals surface area contributed by atoms with Crippen LogP contribution in [0.4, 0.5) is 5.69 Å². The summed E-state index contributed by atoms with van der Waals surface area (Å²) in [4.78, 5) is 27.6. The van der Waals surface area contributed by atoms with Crippen molar-refractivity contribution in [2.24, 2.45) is 0 Å². The van der Waals surface area contributed by atoms with Crippen LogP contribution in [0.25, 0.3) is 0 Å². The molecule has 2 aromatic rings. The van der Waals surface area contributed by atoms with Gasteiger partial charge in [0.05, 0.1) is 25.7 Å². The number of hydrogen-bond donors (Lipinski definition) is 1. The zero-order valence-corrected chi connectivity index (χ0v) is 21.1. The van der Waals surface area contributed by atoms with Crippen LogP contribution in [-0.4, -0.2) is 64.7 Å². The summed E-state index contributed by atoms with van der Waals surface area (Å²) < 4.78 is 37.2. The number of likely N-dealkylation sites (N-methyl/N-ethyl adjacent to an activating group) is 1. The normalized spacial score (nSPS) is 11.9. The smallest absolute Gasteiger partial charge is 0.244 e. The van der Waals surface area contributed by atoms with E-state index in [0.29, 0.717) is 24.5 Å². The third-order valence-electron chi connectivity index (χ3n) is 5.26. The standard InChI is InChI=1S/C24H33N3O6S/c1-6-20(24(29)25-3)26(16-18-12-14-19(32-4)15-13-18)23(28)17-27(34(5,30)31)21-10-8-9-11-22(21)33-7-2/h8-15,20H,6-7,16-17H2,1-5H3,(H,25,29). The number of methoxy groups -OCH3 is 1. The first-order valence-electron chi connectivity index (χ1n) is 11.0. The van der Waals surface area contributed by atoms with Gasteiger partial charge in [0.15, 0.2) is 0 Å². The molecule has 9 nitrogen and oxygen atoms in total. The van der Waals surface area contributed by atoms with E-state index < -0.39 is 28.5 Å². The van der Waals surface area contributed by atoms with E-state index in [9.17, 15) is 18.0 Å². The van der Waals surface area contributed by atoms with E-state index in [1.54, 1.807) is 69.5 Å². The lowest BCUT2D eigenvalue weighted by Gasteiger charge is -2.33. The molecule has 1 N–H and O–H groups in total. The van der Waals surface area contributed by atoms with Crippen LogP contribution in [0, 0.1) is 0 Å². The molecular formula is C24H33N3O6S. The Kier molecular flexibility index (Phi) is 9.73. The van der Waals surface area contributed by atoms with Gasteiger partial charge in [-0.25, -0.2) is 8.42 Å². The first-order valence-corrected chi connectivity index (χ1v) is 12.8. The van der Waals surface area contributed by atoms with Crippen molar-refractivity contribution in [2.75, 3.05) is 37.9 Å². The van der Waals surface area contributed by atoms with Crippen molar-refractivity contribution in [1.29, 1.82) is 0 Å². The number of rotatable bonds is 12. The lowest BCUT2D eigenvalue weighted by Crippen LogP contribution is -2.51. The summed E-state index contributed by atoms with van der Waals surface area (Å²) in [6.45, 7) is 3.57. The Bertz CT molecular complexity index is 1070. The Morgan fingerprint density at radius 2 is 1.71 bits per heavy atom. The van der Waals surface area contributed by atoms with Crippen LogP contribution in [-0.2, 0) is 26.2 Å². The van der Waals surface area contributed by atoms with E-state index in [1.807, 2.05) is 0 Å². The average molecular weight is 492 g/mol. The largest absolute Gasteiger partial charge is 0.497 e. The second-order valence-corrected chi connectivity index (χ2v) is 9.49. The number of amides is 2. The zero-order valence-electron chi connectivity index (χ0n) is 20.3. The van der Waals surface area contributed by atoms with Gasteiger partial charge in [-0.2, -0.15) is 0 Å². The SMILES string of the molecule is CCOc1ccccc1N(CC(=O)N(Cc1ccc(OC)cc1)C(CC)C(=O)NC)S(C)(=O)=O. The molecule has 0 aromatic heterocycles. The van der Waals surface area contributed by atoms with Crippen molar-refractivity contribution in [3.8, 4) is 11.5 Å². The number of benzene rings is 2. The number of carbonyl (C=O) groups excluding carboxylic acids is 2. The number of carbonyl (C=O) groups is 2. The van der Waals surface area contributed by atoms with Crippen LogP contribution in [0.2, 0.25) is 0 Å². The van der Waals surface area contributed by atoms with Crippen molar-refractivity contribution in [3.05, 3.63) is 54.1 Å². The quantitative estimate of drug-likeness (QED) is 0.489. The molecule has 0 aliphatic carbocycles. The van der Waals surface area contributed by atoms with E-state index in [1.165, 1.54) is 11.9 Å². The van der Waals surface area contributed by atoms with Crippen LogP contribution in [0.3, 0.4) is 0 Å². The van der Waals surface area contributed by atoms with Crippen LogP contribution < -0.4 is 19.1 Å². The number of nitrogens with zero attached hydrogens (tertiary/aromatic N) is 2. The van der Waals surface area contributed by atoms with E-state index >= 15 is 0 Å². The maximum absolute atomic E-state index is 13.6. The Morgan fingerprint density at radius 1 is 1.06 bits per heavy atom. The molecule has 0 aliphatic heterocycles. The molecule has 0 fully saturated rings. The minimum absolute atomic E-state index is 0.124. The van der Waals surface area contributed by atoms with Crippen LogP contribution >= 0.6 is 0 Å². The molecular weight excluding hydrogens is 458 g/mol. The van der Waals surface area contributed by atoms with Gasteiger partial charge in [0, 0.05) is 13.6 Å². The Morgan fingerprint density at radius 3 is 2.24 bits per heavy atom. The molecule has 2 aromatic carbocycles. The lowest BCUT2D eigenvalue weighted by atomic mass is 10.1. The molecule has 0 saturated heterocycles. The predicted octanol–water partition coefficient (Wildman–Crippen LogP) is 2.41. The molecule has 186 valence electrons. The fourth-order valence-corrected chi connectivity index (χ4v) is 4.40. The zero-order chi connectivity index (χ0) is 25.3. The van der Waals surface area contributed by atoms with Gasteiger partial charge < -0.3 is 19.7 Å². The highest BCUT2D eigenvalue weighted by atomic mass is 32.2. The minimum atomic E-state index is -3.84. The summed E-state index contributed by atoms with van der Waals surface area (Å²) in [5.41, 5.74) is 1.04. The van der Waals surface area contributed by atoms with Crippen molar-refractivity contribution in [1.82, 2.24) is 10.2 Å². The molecule has 0 spiro atoms. The molecule has 2 rings (SSSR count). The van der Waals surface area contributed by atoms with Crippen molar-refractivity contribution in [3.63, 3.8) is 0 Å². The highest BCUT2D eigenvalue weighted by molar-refractivity contribution is 7.92. The topological polar surface area (TPSA) is 105 Å². The van der Waals surface area contributed by atoms with Gasteiger partial charge >= 0.3 is 0 Å². The average Bonchev–Trinajstić information content (AvgIpc) is 2.82. The summed E-state index contributed by atoms with van der Waals surface area (Å²) in [5.74, 6) is 0.173. The van der Waals surface area contributed by atoms with E-state index in [2.05, 4.69) is 5.32 Å². The highest BCUT2D eigenvalue weighted by Gasteiger charge is 2.32. The van der Waals surface area contributed by atoms with Crippen molar-refractivity contribution < 1.29 is 27.5 Å². The molecule has 0 heterocycles. The molecule has 0 aliphatic rings. The fourth-order valence-electron chi connectivity index (χ4n) is 3.55. The third kappa shape index (κ3) is 6.86. The number of anilines is 1. The van der Waals surface area contributed by atoms with Crippen molar-refractivity contribution >= 4 is 27.5 Å². The number of ether oxygens (including phenoxy) is 2. The van der Waals surface area contributed by atoms with Gasteiger partial charge in [-0.05, 0) is 43.2 Å². The minimum Gasteiger partial charge on any atom is -0.497 e. The summed E-state index contributed by atoms with van der Waals surface area (Å²) in [6.07, 6.45) is 1.39. The third-order valence-corrected chi connectivity index (χ3v) is 6.38. The second kappa shape index (κ2) is 12.3. The van der Waals surface area contributed by atoms with Gasteiger partial charge in [0.25, 0.3) is 0 Å². The van der Waals surface area contributed by atoms with Gasteiger partial charge in [-0.1, -0.05) is 31.2 Å². The van der Waals surface area contributed by atoms with Crippen LogP contribution in [0.1, 0.15) is 25.8 Å². The second-order valence-electron chi connectivity index (χ2n) is 7.58. The molecule has 1 unspecified atom stereocenters. The van der Waals surface area contributed by atoms with Crippen LogP contribution in [0.5, 0.6) is 11.5 Å². The number of para-hydroxylation sites is 2. The fraction of sp³-hybridized carbons (Fsp3) is 0.417. The summed E-state index contributed by atoms with van der Waals surface area (Å²) in [5, 5.41) is 2.59. The summed E-state index contributed by atoms with van der Waals surface area (Å²) in [6, 6.07) is 13.0. The predicted molar refractivity (Wildman–Crippen MR) is 131 cm³/mol. The van der Waals surface area contributed by atoms with Crippen LogP contribution in [0.15, 0.2) is 48.5 Å². The van der Waals surface area contributed by atoms with Gasteiger partial charge in [-0.15, -0.1) is 0 Å². The van der Waals surface area contributed by atoms with E-state index in [4.69, 9.17) is 9.47 Å². The molecule has 1 atom stereocenters. The first kappa shape index (κ1) is 27.0. The first-order chi connectivity index (χ1) is 16.2. The number of hydrogen-bond acceptors (Lipinski definition) is 6. The Balaban J connectivity index is 2.45. The summed E-state index contributed by atoms with van der Waals surface area (Å²) >= 11 is 0. The Labute approximate surface area is 201 Å². The van der Waals surface area contributed by atoms with E-state index in [0.717, 1.165) is 16.1 Å². The summed E-state index contributed by atoms with van der Waals surface area (Å²) in [7, 11) is -0.778. The maximum atomic E-state index is 13.6. The van der Waals surface area contributed by atoms with Gasteiger partial charge in [0.1, 0.15) is 24.1 Å². The van der Waals surface area contributed by atoms with Gasteiger partial charge in [0.2, 0.25) is 21.8 Å². The number of sulfonamides is 1. The maximum Gasteiger partial charge on any atom is 0.244 e. The molecule has 0 saturated carbocycles. The van der Waals surface area contributed by atoms with Gasteiger partial charge in [-0.3, -0.25) is 13.9 Å². The highest BCUT2D eigenvalue weighted by Crippen LogP contribution is 2.30. The molecule has 10 heteroatoms. The molecule has 2 amide bonds. The van der Waals surface area contributed by atoms with Crippen molar-refractivity contribution in [2.45, 2.75) is 32.9 Å². The molecule has 0 bridgehead atoms. The molecule has 34 heavy (non-hydrogen) atoms. The Hall–Kier alpha value is -3.27. The monoisotopic (exact) mass is 491 g/mol. The lowest BCUT2D eigenvalue weighted by molar-refractivity contribution is -0.140. The van der Waals surface area contributed by atoms with E-state index in [-0.39, 0.29) is 18.1 Å².